The molecule has 2 aromatic carbocycles. The first-order valence-corrected chi connectivity index (χ1v) is 9.62. The van der Waals surface area contributed by atoms with Crippen LogP contribution in [-0.4, -0.2) is 31.8 Å². The highest BCUT2D eigenvalue weighted by molar-refractivity contribution is 5.80. The van der Waals surface area contributed by atoms with E-state index in [2.05, 4.69) is 36.5 Å². The Morgan fingerprint density at radius 1 is 1.25 bits per heavy atom. The Morgan fingerprint density at radius 3 is 2.71 bits per heavy atom. The van der Waals surface area contributed by atoms with Crippen LogP contribution in [0.5, 0.6) is 5.75 Å². The summed E-state index contributed by atoms with van der Waals surface area (Å²) in [6.45, 7) is 5.77. The fourth-order valence-corrected chi connectivity index (χ4v) is 3.77. The molecule has 1 amide bonds. The van der Waals surface area contributed by atoms with E-state index >= 15 is 0 Å². The number of nitriles is 1. The third-order valence-electron chi connectivity index (χ3n) is 5.41. The Kier molecular flexibility index (Phi) is 6.33. The lowest BCUT2D eigenvalue weighted by Crippen LogP contribution is -2.47. The largest absolute Gasteiger partial charge is 0.481 e. The molecule has 1 fully saturated rings. The van der Waals surface area contributed by atoms with Gasteiger partial charge in [-0.05, 0) is 56.0 Å². The molecule has 1 heterocycles. The molecule has 1 aliphatic rings. The summed E-state index contributed by atoms with van der Waals surface area (Å²) >= 11 is 0. The minimum atomic E-state index is -0.650. The summed E-state index contributed by atoms with van der Waals surface area (Å²) in [6, 6.07) is 17.3. The van der Waals surface area contributed by atoms with Crippen molar-refractivity contribution in [1.82, 2.24) is 5.32 Å². The smallest absolute Gasteiger partial charge is 0.260 e. The van der Waals surface area contributed by atoms with E-state index in [1.54, 1.807) is 31.2 Å². The number of hydrogen-bond acceptors (Lipinski definition) is 4. The summed E-state index contributed by atoms with van der Waals surface area (Å²) in [4.78, 5) is 12.7. The van der Waals surface area contributed by atoms with E-state index in [0.29, 0.717) is 31.1 Å². The summed E-state index contributed by atoms with van der Waals surface area (Å²) in [5.74, 6) is 0.350. The first-order chi connectivity index (χ1) is 13.5. The summed E-state index contributed by atoms with van der Waals surface area (Å²) in [7, 11) is 0. The number of rotatable bonds is 6. The number of hydrogen-bond donors (Lipinski definition) is 1. The molecule has 3 rings (SSSR count). The Labute approximate surface area is 166 Å². The second kappa shape index (κ2) is 8.90. The second-order valence-electron chi connectivity index (χ2n) is 7.33. The van der Waals surface area contributed by atoms with Gasteiger partial charge >= 0.3 is 0 Å². The maximum atomic E-state index is 12.7. The number of carbonyl (C=O) groups excluding carboxylic acids is 1. The first-order valence-electron chi connectivity index (χ1n) is 9.62. The Balaban J connectivity index is 1.68. The Bertz CT molecular complexity index is 866. The van der Waals surface area contributed by atoms with Crippen molar-refractivity contribution in [3.63, 3.8) is 0 Å². The number of nitrogens with zero attached hydrogens (tertiary/aromatic N) is 1. The summed E-state index contributed by atoms with van der Waals surface area (Å²) < 4.78 is 11.3. The van der Waals surface area contributed by atoms with Crippen LogP contribution in [0.25, 0.3) is 0 Å². The molecule has 1 N–H and O–H groups in total. The highest BCUT2D eigenvalue weighted by atomic mass is 16.5. The van der Waals surface area contributed by atoms with Gasteiger partial charge < -0.3 is 14.8 Å². The number of amides is 1. The molecule has 1 unspecified atom stereocenters. The van der Waals surface area contributed by atoms with Crippen LogP contribution in [0.3, 0.4) is 0 Å². The van der Waals surface area contributed by atoms with Crippen LogP contribution in [0.1, 0.15) is 36.5 Å². The summed E-state index contributed by atoms with van der Waals surface area (Å²) in [5.41, 5.74) is 2.88. The molecular formula is C23H26N2O3. The zero-order valence-electron chi connectivity index (χ0n) is 16.4. The molecule has 0 saturated carbocycles. The summed E-state index contributed by atoms with van der Waals surface area (Å²) in [5, 5.41) is 12.1. The molecule has 2 aromatic rings. The Morgan fingerprint density at radius 2 is 2.00 bits per heavy atom. The average molecular weight is 378 g/mol. The van der Waals surface area contributed by atoms with Crippen molar-refractivity contribution in [2.24, 2.45) is 0 Å². The molecule has 1 atom stereocenters. The van der Waals surface area contributed by atoms with Gasteiger partial charge in [0.25, 0.3) is 5.91 Å². The predicted molar refractivity (Wildman–Crippen MR) is 107 cm³/mol. The molecule has 0 aromatic heterocycles. The topological polar surface area (TPSA) is 71.3 Å². The van der Waals surface area contributed by atoms with Gasteiger partial charge in [-0.15, -0.1) is 0 Å². The molecule has 1 aliphatic heterocycles. The van der Waals surface area contributed by atoms with Crippen molar-refractivity contribution in [2.45, 2.75) is 38.2 Å². The molecular weight excluding hydrogens is 352 g/mol. The van der Waals surface area contributed by atoms with Crippen molar-refractivity contribution < 1.29 is 14.3 Å². The molecule has 0 aliphatic carbocycles. The van der Waals surface area contributed by atoms with Gasteiger partial charge in [-0.1, -0.05) is 30.3 Å². The van der Waals surface area contributed by atoms with Crippen LogP contribution in [0.2, 0.25) is 0 Å². The Hall–Kier alpha value is -2.84. The van der Waals surface area contributed by atoms with Gasteiger partial charge in [-0.2, -0.15) is 5.26 Å². The van der Waals surface area contributed by atoms with Crippen LogP contribution >= 0.6 is 0 Å². The zero-order valence-corrected chi connectivity index (χ0v) is 16.4. The zero-order chi connectivity index (χ0) is 20.0. The minimum absolute atomic E-state index is 0.125. The molecule has 5 heteroatoms. The van der Waals surface area contributed by atoms with E-state index in [1.807, 2.05) is 6.07 Å². The van der Waals surface area contributed by atoms with E-state index in [1.165, 1.54) is 11.1 Å². The van der Waals surface area contributed by atoms with Crippen molar-refractivity contribution >= 4 is 5.91 Å². The van der Waals surface area contributed by atoms with Gasteiger partial charge in [0.15, 0.2) is 6.10 Å². The van der Waals surface area contributed by atoms with Crippen LogP contribution in [0.15, 0.2) is 48.5 Å². The van der Waals surface area contributed by atoms with E-state index in [4.69, 9.17) is 14.7 Å². The third-order valence-corrected chi connectivity index (χ3v) is 5.41. The predicted octanol–water partition coefficient (Wildman–Crippen LogP) is 3.50. The monoisotopic (exact) mass is 378 g/mol. The average Bonchev–Trinajstić information content (AvgIpc) is 2.73. The highest BCUT2D eigenvalue weighted by Crippen LogP contribution is 2.36. The van der Waals surface area contributed by atoms with Gasteiger partial charge in [0.2, 0.25) is 0 Å². The number of aryl methyl sites for hydroxylation is 1. The number of nitrogens with one attached hydrogen (secondary N) is 1. The maximum absolute atomic E-state index is 12.7. The molecule has 1 saturated heterocycles. The maximum Gasteiger partial charge on any atom is 0.260 e. The quantitative estimate of drug-likeness (QED) is 0.835. The van der Waals surface area contributed by atoms with Crippen LogP contribution in [0.4, 0.5) is 0 Å². The number of carbonyl (C=O) groups is 1. The molecule has 146 valence electrons. The number of ether oxygens (including phenoxy) is 2. The summed E-state index contributed by atoms with van der Waals surface area (Å²) in [6.07, 6.45) is 1.09. The lowest BCUT2D eigenvalue weighted by Gasteiger charge is -2.39. The van der Waals surface area contributed by atoms with E-state index in [9.17, 15) is 4.79 Å². The fraction of sp³-hybridized carbons (Fsp3) is 0.391. The lowest BCUT2D eigenvalue weighted by molar-refractivity contribution is -0.127. The number of benzene rings is 2. The van der Waals surface area contributed by atoms with Crippen LogP contribution in [0, 0.1) is 18.3 Å². The second-order valence-corrected chi connectivity index (χ2v) is 7.33. The third kappa shape index (κ3) is 4.52. The normalized spacial score (nSPS) is 16.6. The standard InChI is InChI=1S/C23H26N2O3/c1-17-6-3-4-9-21(17)23(10-12-27-13-11-23)16-25-22(26)18(2)28-20-8-5-7-19(14-20)15-24/h3-9,14,18H,10-13,16H2,1-2H3,(H,25,26). The van der Waals surface area contributed by atoms with Crippen LogP contribution in [-0.2, 0) is 14.9 Å². The van der Waals surface area contributed by atoms with Crippen molar-refractivity contribution in [3.05, 3.63) is 65.2 Å². The van der Waals surface area contributed by atoms with Gasteiger partial charge in [0.05, 0.1) is 11.6 Å². The van der Waals surface area contributed by atoms with Gasteiger partial charge in [-0.3, -0.25) is 4.79 Å². The van der Waals surface area contributed by atoms with Gasteiger partial charge in [0, 0.05) is 25.2 Å². The fourth-order valence-electron chi connectivity index (χ4n) is 3.77. The molecule has 0 bridgehead atoms. The van der Waals surface area contributed by atoms with Crippen molar-refractivity contribution in [3.8, 4) is 11.8 Å². The first kappa shape index (κ1) is 19.9. The molecule has 0 spiro atoms. The van der Waals surface area contributed by atoms with E-state index in [0.717, 1.165) is 12.8 Å². The van der Waals surface area contributed by atoms with Crippen molar-refractivity contribution in [1.29, 1.82) is 5.26 Å². The SMILES string of the molecule is Cc1ccccc1C1(CNC(=O)C(C)Oc2cccc(C#N)c2)CCOCC1. The van der Waals surface area contributed by atoms with E-state index in [-0.39, 0.29) is 11.3 Å². The van der Waals surface area contributed by atoms with Crippen LogP contribution < -0.4 is 10.1 Å². The highest BCUT2D eigenvalue weighted by Gasteiger charge is 2.36. The molecule has 5 nitrogen and oxygen atoms in total. The lowest BCUT2D eigenvalue weighted by atomic mass is 9.72. The molecule has 0 radical (unpaired) electrons. The van der Waals surface area contributed by atoms with E-state index < -0.39 is 6.10 Å². The van der Waals surface area contributed by atoms with Gasteiger partial charge in [0.1, 0.15) is 5.75 Å². The van der Waals surface area contributed by atoms with Crippen molar-refractivity contribution in [2.75, 3.05) is 19.8 Å². The molecule has 28 heavy (non-hydrogen) atoms. The van der Waals surface area contributed by atoms with Gasteiger partial charge in [-0.25, -0.2) is 0 Å². The minimum Gasteiger partial charge on any atom is -0.481 e.